The van der Waals surface area contributed by atoms with Crippen molar-refractivity contribution in [3.05, 3.63) is 60.2 Å². The molecule has 0 aliphatic heterocycles. The van der Waals surface area contributed by atoms with Gasteiger partial charge in [-0.15, -0.1) is 22.0 Å². The number of halogens is 2. The van der Waals surface area contributed by atoms with Crippen molar-refractivity contribution >= 4 is 11.8 Å². The molecule has 2 aromatic heterocycles. The summed E-state index contributed by atoms with van der Waals surface area (Å²) in [7, 11) is 1.82. The Morgan fingerprint density at radius 2 is 2.12 bits per heavy atom. The molecule has 138 valence electrons. The van der Waals surface area contributed by atoms with Crippen molar-refractivity contribution in [1.82, 2.24) is 29.5 Å². The van der Waals surface area contributed by atoms with Gasteiger partial charge in [-0.2, -0.15) is 5.10 Å². The minimum absolute atomic E-state index is 0.00682. The molecule has 26 heavy (non-hydrogen) atoms. The molecule has 0 amide bonds. The molecule has 0 saturated carbocycles. The van der Waals surface area contributed by atoms with Crippen LogP contribution in [0.25, 0.3) is 0 Å². The van der Waals surface area contributed by atoms with Gasteiger partial charge in [-0.1, -0.05) is 13.0 Å². The fourth-order valence-corrected chi connectivity index (χ4v) is 3.75. The summed E-state index contributed by atoms with van der Waals surface area (Å²) in [5.41, 5.74) is -1.62. The maximum absolute atomic E-state index is 14.4. The molecule has 0 saturated heterocycles. The Morgan fingerprint density at radius 3 is 2.73 bits per heavy atom. The number of hydrogen-bond donors (Lipinski definition) is 1. The van der Waals surface area contributed by atoms with Gasteiger partial charge in [-0.3, -0.25) is 0 Å². The molecule has 3 rings (SSSR count). The first-order valence-corrected chi connectivity index (χ1v) is 8.90. The van der Waals surface area contributed by atoms with Crippen LogP contribution < -0.4 is 0 Å². The largest absolute Gasteiger partial charge is 0.382 e. The van der Waals surface area contributed by atoms with E-state index in [1.165, 1.54) is 35.2 Å². The van der Waals surface area contributed by atoms with Gasteiger partial charge in [0.15, 0.2) is 0 Å². The summed E-state index contributed by atoms with van der Waals surface area (Å²) in [4.78, 5) is 3.85. The van der Waals surface area contributed by atoms with Crippen molar-refractivity contribution in [3.63, 3.8) is 0 Å². The number of rotatable bonds is 7. The monoisotopic (exact) mass is 380 g/mol. The molecular weight excluding hydrogens is 362 g/mol. The second kappa shape index (κ2) is 7.50. The summed E-state index contributed by atoms with van der Waals surface area (Å²) in [6, 6.07) is 3.16. The lowest BCUT2D eigenvalue weighted by Gasteiger charge is -2.34. The van der Waals surface area contributed by atoms with Crippen LogP contribution in [0.1, 0.15) is 18.3 Å². The lowest BCUT2D eigenvalue weighted by atomic mass is 9.90. The molecule has 0 unspecified atom stereocenters. The van der Waals surface area contributed by atoms with Gasteiger partial charge in [-0.05, 0) is 6.07 Å². The Bertz CT molecular complexity index is 872. The topological polar surface area (TPSA) is 81.6 Å². The fraction of sp³-hybridized carbons (Fsp3) is 0.375. The summed E-state index contributed by atoms with van der Waals surface area (Å²) < 4.78 is 30.9. The minimum atomic E-state index is -1.63. The Balaban J connectivity index is 1.90. The second-order valence-corrected chi connectivity index (χ2v) is 7.28. The molecule has 0 fully saturated rings. The van der Waals surface area contributed by atoms with Crippen molar-refractivity contribution < 1.29 is 13.9 Å². The second-order valence-electron chi connectivity index (χ2n) is 5.95. The summed E-state index contributed by atoms with van der Waals surface area (Å²) in [6.45, 7) is 1.75. The predicted molar refractivity (Wildman–Crippen MR) is 92.0 cm³/mol. The average molecular weight is 380 g/mol. The van der Waals surface area contributed by atoms with Crippen LogP contribution in [0, 0.1) is 11.6 Å². The van der Waals surface area contributed by atoms with Gasteiger partial charge in [-0.25, -0.2) is 18.4 Å². The Labute approximate surface area is 153 Å². The number of thioether (sulfide) groups is 1. The van der Waals surface area contributed by atoms with Crippen LogP contribution in [-0.2, 0) is 24.9 Å². The Kier molecular flexibility index (Phi) is 5.33. The molecule has 1 aromatic carbocycles. The van der Waals surface area contributed by atoms with E-state index in [4.69, 9.17) is 0 Å². The molecule has 1 N–H and O–H groups in total. The number of aryl methyl sites for hydroxylation is 1. The third-order valence-corrected chi connectivity index (χ3v) is 5.52. The van der Waals surface area contributed by atoms with E-state index in [-0.39, 0.29) is 12.1 Å². The van der Waals surface area contributed by atoms with Crippen LogP contribution in [0.15, 0.2) is 37.2 Å². The standard InChI is InChI=1S/C16H18F2N6OS/c1-11(26-6-15-22-20-10-23(15)2)16(25,7-24-9-19-8-21-24)13-4-3-12(17)5-14(13)18/h3-5,8-11,25H,6-7H2,1-2H3/t11-,16-/m1/s1. The summed E-state index contributed by atoms with van der Waals surface area (Å²) in [5, 5.41) is 22.7. The first kappa shape index (κ1) is 18.5. The molecule has 0 aliphatic rings. The van der Waals surface area contributed by atoms with Gasteiger partial charge in [0, 0.05) is 23.9 Å². The van der Waals surface area contributed by atoms with E-state index < -0.39 is 22.5 Å². The molecule has 2 atom stereocenters. The maximum Gasteiger partial charge on any atom is 0.142 e. The van der Waals surface area contributed by atoms with Crippen molar-refractivity contribution in [2.45, 2.75) is 30.1 Å². The molecule has 0 aliphatic carbocycles. The zero-order valence-electron chi connectivity index (χ0n) is 14.3. The van der Waals surface area contributed by atoms with Gasteiger partial charge in [0.25, 0.3) is 0 Å². The van der Waals surface area contributed by atoms with E-state index in [9.17, 15) is 13.9 Å². The summed E-state index contributed by atoms with van der Waals surface area (Å²) >= 11 is 1.39. The molecule has 2 heterocycles. The predicted octanol–water partition coefficient (Wildman–Crippen LogP) is 1.89. The molecule has 0 bridgehead atoms. The number of benzene rings is 1. The lowest BCUT2D eigenvalue weighted by molar-refractivity contribution is 0.0133. The zero-order chi connectivity index (χ0) is 18.7. The normalized spacial score (nSPS) is 15.0. The number of hydrogen-bond acceptors (Lipinski definition) is 6. The summed E-state index contributed by atoms with van der Waals surface area (Å²) in [6.07, 6.45) is 4.35. The molecule has 3 aromatic rings. The molecule has 0 spiro atoms. The quantitative estimate of drug-likeness (QED) is 0.674. The van der Waals surface area contributed by atoms with Gasteiger partial charge >= 0.3 is 0 Å². The third-order valence-electron chi connectivity index (χ3n) is 4.21. The summed E-state index contributed by atoms with van der Waals surface area (Å²) in [5.74, 6) is -0.308. The van der Waals surface area contributed by atoms with Crippen LogP contribution in [0.3, 0.4) is 0 Å². The van der Waals surface area contributed by atoms with E-state index >= 15 is 0 Å². The van der Waals surface area contributed by atoms with Crippen LogP contribution >= 0.6 is 11.8 Å². The van der Waals surface area contributed by atoms with Crippen molar-refractivity contribution in [2.75, 3.05) is 0 Å². The minimum Gasteiger partial charge on any atom is -0.382 e. The smallest absolute Gasteiger partial charge is 0.142 e. The molecular formula is C16H18F2N6OS. The highest BCUT2D eigenvalue weighted by Crippen LogP contribution is 2.37. The van der Waals surface area contributed by atoms with Gasteiger partial charge in [0.05, 0.1) is 12.3 Å². The Hall–Kier alpha value is -2.33. The first-order chi connectivity index (χ1) is 12.4. The van der Waals surface area contributed by atoms with E-state index in [1.54, 1.807) is 17.8 Å². The van der Waals surface area contributed by atoms with Crippen molar-refractivity contribution in [2.24, 2.45) is 7.05 Å². The number of aliphatic hydroxyl groups is 1. The zero-order valence-corrected chi connectivity index (χ0v) is 15.1. The highest BCUT2D eigenvalue weighted by Gasteiger charge is 2.39. The Morgan fingerprint density at radius 1 is 1.31 bits per heavy atom. The molecule has 0 radical (unpaired) electrons. The average Bonchev–Trinajstić information content (AvgIpc) is 3.24. The van der Waals surface area contributed by atoms with Crippen LogP contribution in [-0.4, -0.2) is 39.9 Å². The van der Waals surface area contributed by atoms with E-state index in [2.05, 4.69) is 20.3 Å². The van der Waals surface area contributed by atoms with Crippen LogP contribution in [0.4, 0.5) is 8.78 Å². The first-order valence-electron chi connectivity index (χ1n) is 7.85. The fourth-order valence-electron chi connectivity index (χ4n) is 2.61. The lowest BCUT2D eigenvalue weighted by Crippen LogP contribution is -2.41. The van der Waals surface area contributed by atoms with E-state index in [1.807, 2.05) is 7.05 Å². The number of aromatic nitrogens is 6. The SMILES string of the molecule is C[C@@H](SCc1nncn1C)[C@](O)(Cn1cncn1)c1ccc(F)cc1F. The number of nitrogens with zero attached hydrogens (tertiary/aromatic N) is 6. The van der Waals surface area contributed by atoms with E-state index in [0.717, 1.165) is 18.0 Å². The van der Waals surface area contributed by atoms with Crippen LogP contribution in [0.2, 0.25) is 0 Å². The van der Waals surface area contributed by atoms with Gasteiger partial charge in [0.1, 0.15) is 42.0 Å². The van der Waals surface area contributed by atoms with E-state index in [0.29, 0.717) is 5.75 Å². The molecule has 7 nitrogen and oxygen atoms in total. The van der Waals surface area contributed by atoms with Crippen LogP contribution in [0.5, 0.6) is 0 Å². The molecule has 10 heteroatoms. The van der Waals surface area contributed by atoms with Gasteiger partial charge in [0.2, 0.25) is 0 Å². The van der Waals surface area contributed by atoms with Gasteiger partial charge < -0.3 is 9.67 Å². The highest BCUT2D eigenvalue weighted by molar-refractivity contribution is 7.99. The van der Waals surface area contributed by atoms with Crippen molar-refractivity contribution in [3.8, 4) is 0 Å². The third kappa shape index (κ3) is 3.75. The van der Waals surface area contributed by atoms with Crippen molar-refractivity contribution in [1.29, 1.82) is 0 Å². The highest BCUT2D eigenvalue weighted by atomic mass is 32.2. The maximum atomic E-state index is 14.4.